The molecule has 0 bridgehead atoms. The minimum atomic E-state index is -3.61. The zero-order valence-corrected chi connectivity index (χ0v) is 19.5. The summed E-state index contributed by atoms with van der Waals surface area (Å²) in [5.41, 5.74) is 5.53. The smallest absolute Gasteiger partial charge is 0.245 e. The molecule has 1 rings (SSSR count). The molecular formula is C19H37N5O6S. The van der Waals surface area contributed by atoms with Crippen LogP contribution >= 0.6 is 0 Å². The SMILES string of the molecule is CCC(=O)[C@H](CN)NC(=O)[C@@H](NC(=O)C1CNCC(S(=O)(=O)NCC(C)C)C1)[C@H](C)O. The number of aliphatic hydroxyl groups is 1. The van der Waals surface area contributed by atoms with Crippen molar-refractivity contribution in [3.63, 3.8) is 0 Å². The van der Waals surface area contributed by atoms with E-state index in [0.717, 1.165) is 0 Å². The Morgan fingerprint density at radius 1 is 1.16 bits per heavy atom. The Kier molecular flexibility index (Phi) is 11.0. The van der Waals surface area contributed by atoms with Crippen molar-refractivity contribution >= 4 is 27.6 Å². The van der Waals surface area contributed by atoms with Crippen molar-refractivity contribution in [2.75, 3.05) is 26.2 Å². The fourth-order valence-corrected chi connectivity index (χ4v) is 4.82. The fourth-order valence-electron chi connectivity index (χ4n) is 3.19. The van der Waals surface area contributed by atoms with Crippen molar-refractivity contribution in [2.24, 2.45) is 17.6 Å². The Morgan fingerprint density at radius 2 is 1.81 bits per heavy atom. The summed E-state index contributed by atoms with van der Waals surface area (Å²) in [6.45, 7) is 7.43. The van der Waals surface area contributed by atoms with Gasteiger partial charge in [-0.05, 0) is 19.3 Å². The van der Waals surface area contributed by atoms with Gasteiger partial charge in [-0.1, -0.05) is 20.8 Å². The molecule has 1 saturated heterocycles. The van der Waals surface area contributed by atoms with Crippen LogP contribution in [0, 0.1) is 11.8 Å². The summed E-state index contributed by atoms with van der Waals surface area (Å²) >= 11 is 0. The first-order valence-corrected chi connectivity index (χ1v) is 12.2. The molecule has 11 nitrogen and oxygen atoms in total. The Labute approximate surface area is 184 Å². The van der Waals surface area contributed by atoms with Gasteiger partial charge < -0.3 is 26.8 Å². The van der Waals surface area contributed by atoms with Crippen LogP contribution in [0.4, 0.5) is 0 Å². The minimum absolute atomic E-state index is 0.0835. The lowest BCUT2D eigenvalue weighted by molar-refractivity contribution is -0.135. The molecule has 0 aromatic rings. The quantitative estimate of drug-likeness (QED) is 0.189. The number of ketones is 1. The molecule has 12 heteroatoms. The molecule has 0 spiro atoms. The highest BCUT2D eigenvalue weighted by atomic mass is 32.2. The van der Waals surface area contributed by atoms with Crippen molar-refractivity contribution in [3.8, 4) is 0 Å². The summed E-state index contributed by atoms with van der Waals surface area (Å²) in [7, 11) is -3.61. The largest absolute Gasteiger partial charge is 0.391 e. The second-order valence-corrected chi connectivity index (χ2v) is 10.4. The van der Waals surface area contributed by atoms with E-state index in [1.54, 1.807) is 6.92 Å². The molecule has 7 N–H and O–H groups in total. The number of hydrogen-bond acceptors (Lipinski definition) is 8. The van der Waals surface area contributed by atoms with Crippen molar-refractivity contribution < 1.29 is 27.9 Å². The molecule has 1 fully saturated rings. The fraction of sp³-hybridized carbons (Fsp3) is 0.842. The summed E-state index contributed by atoms with van der Waals surface area (Å²) in [6, 6.07) is -2.21. The van der Waals surface area contributed by atoms with Crippen LogP contribution in [0.5, 0.6) is 0 Å². The monoisotopic (exact) mass is 463 g/mol. The number of piperidine rings is 1. The maximum atomic E-state index is 12.8. The van der Waals surface area contributed by atoms with Gasteiger partial charge >= 0.3 is 0 Å². The van der Waals surface area contributed by atoms with Crippen LogP contribution in [0.2, 0.25) is 0 Å². The summed E-state index contributed by atoms with van der Waals surface area (Å²) in [6.07, 6.45) is -0.967. The van der Waals surface area contributed by atoms with Gasteiger partial charge in [0.2, 0.25) is 21.8 Å². The van der Waals surface area contributed by atoms with Gasteiger partial charge in [0.15, 0.2) is 5.78 Å². The third-order valence-electron chi connectivity index (χ3n) is 5.16. The van der Waals surface area contributed by atoms with Gasteiger partial charge in [-0.3, -0.25) is 14.4 Å². The number of amides is 2. The predicted octanol–water partition coefficient (Wildman–Crippen LogP) is -2.17. The van der Waals surface area contributed by atoms with Gasteiger partial charge in [-0.15, -0.1) is 0 Å². The van der Waals surface area contributed by atoms with E-state index < -0.39 is 51.2 Å². The Bertz CT molecular complexity index is 727. The summed E-state index contributed by atoms with van der Waals surface area (Å²) < 4.78 is 27.6. The second-order valence-electron chi connectivity index (χ2n) is 8.34. The number of carbonyl (C=O) groups excluding carboxylic acids is 3. The maximum absolute atomic E-state index is 12.8. The second kappa shape index (κ2) is 12.4. The average Bonchev–Trinajstić information content (AvgIpc) is 2.73. The van der Waals surface area contributed by atoms with E-state index in [1.807, 2.05) is 13.8 Å². The molecule has 0 radical (unpaired) electrons. The molecule has 2 amide bonds. The molecule has 1 aliphatic rings. The number of aliphatic hydroxyl groups excluding tert-OH is 1. The summed E-state index contributed by atoms with van der Waals surface area (Å²) in [4.78, 5) is 37.2. The van der Waals surface area contributed by atoms with Gasteiger partial charge in [0, 0.05) is 32.6 Å². The summed E-state index contributed by atoms with van der Waals surface area (Å²) in [5.74, 6) is -2.10. The number of Topliss-reactive ketones (excluding diaryl/α,β-unsaturated/α-hetero) is 1. The highest BCUT2D eigenvalue weighted by molar-refractivity contribution is 7.90. The van der Waals surface area contributed by atoms with Gasteiger partial charge in [0.25, 0.3) is 0 Å². The molecular weight excluding hydrogens is 426 g/mol. The molecule has 0 aromatic heterocycles. The van der Waals surface area contributed by atoms with E-state index in [1.165, 1.54) is 6.92 Å². The first-order chi connectivity index (χ1) is 14.4. The van der Waals surface area contributed by atoms with E-state index in [0.29, 0.717) is 6.54 Å². The third kappa shape index (κ3) is 8.45. The summed E-state index contributed by atoms with van der Waals surface area (Å²) in [5, 5.41) is 17.1. The van der Waals surface area contributed by atoms with Gasteiger partial charge in [-0.2, -0.15) is 0 Å². The number of carbonyl (C=O) groups is 3. The molecule has 180 valence electrons. The van der Waals surface area contributed by atoms with Crippen molar-refractivity contribution in [1.29, 1.82) is 0 Å². The topological polar surface area (TPSA) is 180 Å². The third-order valence-corrected chi connectivity index (χ3v) is 6.97. The van der Waals surface area contributed by atoms with Gasteiger partial charge in [0.05, 0.1) is 23.3 Å². The van der Waals surface area contributed by atoms with E-state index in [4.69, 9.17) is 5.73 Å². The number of nitrogens with one attached hydrogen (secondary N) is 4. The molecule has 31 heavy (non-hydrogen) atoms. The molecule has 0 aliphatic carbocycles. The lowest BCUT2D eigenvalue weighted by atomic mass is 9.97. The van der Waals surface area contributed by atoms with Crippen LogP contribution in [-0.4, -0.2) is 80.7 Å². The Hall–Kier alpha value is -1.60. The van der Waals surface area contributed by atoms with Crippen LogP contribution in [-0.2, 0) is 24.4 Å². The van der Waals surface area contributed by atoms with Crippen LogP contribution in [0.25, 0.3) is 0 Å². The van der Waals surface area contributed by atoms with Crippen LogP contribution < -0.4 is 26.4 Å². The highest BCUT2D eigenvalue weighted by Gasteiger charge is 2.37. The van der Waals surface area contributed by atoms with Crippen molar-refractivity contribution in [3.05, 3.63) is 0 Å². The number of nitrogens with two attached hydrogens (primary N) is 1. The molecule has 1 aliphatic heterocycles. The molecule has 0 saturated carbocycles. The lowest BCUT2D eigenvalue weighted by Crippen LogP contribution is -2.59. The zero-order chi connectivity index (χ0) is 23.8. The highest BCUT2D eigenvalue weighted by Crippen LogP contribution is 2.17. The molecule has 1 heterocycles. The first kappa shape index (κ1) is 27.4. The lowest BCUT2D eigenvalue weighted by Gasteiger charge is -2.31. The Balaban J connectivity index is 2.81. The average molecular weight is 464 g/mol. The van der Waals surface area contributed by atoms with Crippen LogP contribution in [0.1, 0.15) is 40.5 Å². The van der Waals surface area contributed by atoms with Gasteiger partial charge in [-0.25, -0.2) is 13.1 Å². The predicted molar refractivity (Wildman–Crippen MR) is 116 cm³/mol. The Morgan fingerprint density at radius 3 is 2.32 bits per heavy atom. The van der Waals surface area contributed by atoms with Crippen molar-refractivity contribution in [1.82, 2.24) is 20.7 Å². The minimum Gasteiger partial charge on any atom is -0.391 e. The molecule has 5 atom stereocenters. The van der Waals surface area contributed by atoms with E-state index in [9.17, 15) is 27.9 Å². The van der Waals surface area contributed by atoms with E-state index in [2.05, 4.69) is 20.7 Å². The standard InChI is InChI=1S/C19H37N5O6S/c1-5-16(26)15(7-20)23-19(28)17(12(4)25)24-18(27)13-6-14(10-21-9-13)31(29,30)22-8-11(2)3/h11-15,17,21-22,25H,5-10,20H2,1-4H3,(H,23,28)(H,24,27)/t12-,13?,14?,15-,17-/m0/s1. The van der Waals surface area contributed by atoms with E-state index >= 15 is 0 Å². The first-order valence-electron chi connectivity index (χ1n) is 10.6. The molecule has 2 unspecified atom stereocenters. The van der Waals surface area contributed by atoms with Crippen LogP contribution in [0.3, 0.4) is 0 Å². The number of rotatable bonds is 12. The maximum Gasteiger partial charge on any atom is 0.245 e. The normalized spacial score (nSPS) is 22.4. The van der Waals surface area contributed by atoms with Crippen molar-refractivity contribution in [2.45, 2.75) is 64.0 Å². The van der Waals surface area contributed by atoms with Crippen LogP contribution in [0.15, 0.2) is 0 Å². The zero-order valence-electron chi connectivity index (χ0n) is 18.7. The number of hydrogen-bond donors (Lipinski definition) is 6. The van der Waals surface area contributed by atoms with Gasteiger partial charge in [0.1, 0.15) is 6.04 Å². The molecule has 0 aromatic carbocycles. The number of sulfonamides is 1. The van der Waals surface area contributed by atoms with E-state index in [-0.39, 0.29) is 44.2 Å².